The molecule has 6 heterocycles. The number of aromatic nitrogens is 12. The second kappa shape index (κ2) is 35.6. The van der Waals surface area contributed by atoms with E-state index < -0.39 is 18.1 Å². The summed E-state index contributed by atoms with van der Waals surface area (Å²) < 4.78 is 48.9. The van der Waals surface area contributed by atoms with Gasteiger partial charge in [-0.15, -0.1) is 0 Å². The van der Waals surface area contributed by atoms with Crippen LogP contribution in [0, 0.1) is 0 Å². The van der Waals surface area contributed by atoms with Gasteiger partial charge in [0.05, 0.1) is 57.0 Å². The Kier molecular flexibility index (Phi) is 19.6. The van der Waals surface area contributed by atoms with E-state index in [0.717, 1.165) is 105 Å². The Morgan fingerprint density at radius 1 is 0.144 bits per heavy atom. The molecule has 650 valence electrons. The Balaban J connectivity index is 0.000000113. The lowest BCUT2D eigenvalue weighted by Crippen LogP contribution is -2.01. The highest BCUT2D eigenvalue weighted by Crippen LogP contribution is 2.45. The third-order valence-electron chi connectivity index (χ3n) is 26.1. The predicted octanol–water partition coefficient (Wildman–Crippen LogP) is 31.9. The van der Waals surface area contributed by atoms with Crippen molar-refractivity contribution in [1.29, 1.82) is 0 Å². The lowest BCUT2D eigenvalue weighted by atomic mass is 10.0. The zero-order valence-electron chi connectivity index (χ0n) is 79.8. The predicted molar refractivity (Wildman–Crippen MR) is 572 cm³/mol. The molecule has 0 aliphatic carbocycles. The Morgan fingerprint density at radius 2 is 0.388 bits per heavy atom. The SMILES string of the molecule is [2H]c1c([2H])c([2H])c(-c2nc(-c3ccccc3)nc(-c3ccc(-n4c5ccccc5c5ccccc54)c4ccccc34)n2)c([2H])c1[2H].c1ccc(-c2ccc3c(c2)c2ccccc2n3-c2ccc(-c3nc(-c4ccccc4)nc(-c4ccc5ccccc5c4)n3)c3ccccc23)cc1.c1ccc(-c2ccc3c(c2)c2ccccc2n3-c2ccc(-c3nc(-c4ccccc4)nc(-c4ccccc4)n3)c3ccccc23)cc1. The van der Waals surface area contributed by atoms with Crippen molar-refractivity contribution >= 4 is 109 Å². The van der Waals surface area contributed by atoms with Crippen LogP contribution in [-0.2, 0) is 0 Å². The molecule has 0 saturated heterocycles. The van der Waals surface area contributed by atoms with Gasteiger partial charge >= 0.3 is 0 Å². The van der Waals surface area contributed by atoms with Crippen LogP contribution in [0.1, 0.15) is 6.85 Å². The summed E-state index contributed by atoms with van der Waals surface area (Å²) in [5.41, 5.74) is 22.0. The second-order valence-corrected chi connectivity index (χ2v) is 34.2. The Bertz CT molecular complexity index is 9590. The van der Waals surface area contributed by atoms with Crippen molar-refractivity contribution in [2.24, 2.45) is 0 Å². The van der Waals surface area contributed by atoms with E-state index in [2.05, 4.69) is 340 Å². The van der Waals surface area contributed by atoms with E-state index in [1.54, 1.807) is 0 Å². The number of para-hydroxylation sites is 4. The van der Waals surface area contributed by atoms with Gasteiger partial charge in [0.2, 0.25) is 0 Å². The first-order chi connectivity index (χ1) is 71.0. The third-order valence-corrected chi connectivity index (χ3v) is 26.1. The minimum absolute atomic E-state index is 0.0106. The number of nitrogens with zero attached hydrogens (tertiary/aromatic N) is 12. The first-order valence-electron chi connectivity index (χ1n) is 48.8. The molecule has 0 saturated carbocycles. The molecule has 0 radical (unpaired) electrons. The largest absolute Gasteiger partial charge is 0.309 e. The van der Waals surface area contributed by atoms with Crippen molar-refractivity contribution in [1.82, 2.24) is 58.6 Å². The molecule has 0 aliphatic heterocycles. The number of hydrogen-bond acceptors (Lipinski definition) is 9. The van der Waals surface area contributed by atoms with E-state index in [1.165, 1.54) is 82.0 Å². The number of hydrogen-bond donors (Lipinski definition) is 0. The van der Waals surface area contributed by atoms with E-state index >= 15 is 0 Å². The first-order valence-corrected chi connectivity index (χ1v) is 46.3. The van der Waals surface area contributed by atoms with Crippen LogP contribution >= 0.6 is 0 Å². The van der Waals surface area contributed by atoms with Crippen molar-refractivity contribution in [3.05, 3.63) is 497 Å². The number of rotatable bonds is 14. The molecule has 0 spiro atoms. The molecule has 0 atom stereocenters. The van der Waals surface area contributed by atoms with Crippen LogP contribution in [-0.4, -0.2) is 58.6 Å². The molecule has 6 aromatic heterocycles. The molecule has 139 heavy (non-hydrogen) atoms. The van der Waals surface area contributed by atoms with Crippen molar-refractivity contribution in [3.63, 3.8) is 0 Å². The van der Waals surface area contributed by atoms with Gasteiger partial charge in [-0.1, -0.05) is 406 Å². The van der Waals surface area contributed by atoms with Crippen LogP contribution in [0.3, 0.4) is 0 Å². The van der Waals surface area contributed by atoms with Gasteiger partial charge in [0, 0.05) is 98.5 Å². The van der Waals surface area contributed by atoms with Gasteiger partial charge in [-0.2, -0.15) is 0 Å². The van der Waals surface area contributed by atoms with Crippen LogP contribution in [0.2, 0.25) is 0 Å². The van der Waals surface area contributed by atoms with Gasteiger partial charge in [0.15, 0.2) is 52.4 Å². The zero-order valence-corrected chi connectivity index (χ0v) is 74.8. The van der Waals surface area contributed by atoms with Crippen LogP contribution < -0.4 is 0 Å². The van der Waals surface area contributed by atoms with Crippen molar-refractivity contribution in [2.75, 3.05) is 0 Å². The molecule has 0 fully saturated rings. The van der Waals surface area contributed by atoms with Gasteiger partial charge in [-0.05, 0) is 140 Å². The van der Waals surface area contributed by atoms with Crippen molar-refractivity contribution < 1.29 is 6.85 Å². The second-order valence-electron chi connectivity index (χ2n) is 34.2. The lowest BCUT2D eigenvalue weighted by Gasteiger charge is -2.15. The summed E-state index contributed by atoms with van der Waals surface area (Å²) >= 11 is 0. The van der Waals surface area contributed by atoms with E-state index in [9.17, 15) is 0 Å². The maximum absolute atomic E-state index is 8.62. The highest BCUT2D eigenvalue weighted by atomic mass is 15.1. The molecule has 0 aliphatic rings. The zero-order chi connectivity index (χ0) is 96.4. The van der Waals surface area contributed by atoms with Gasteiger partial charge in [0.25, 0.3) is 0 Å². The maximum Gasteiger partial charge on any atom is 0.164 e. The maximum atomic E-state index is 8.62. The molecule has 12 nitrogen and oxygen atoms in total. The molecule has 0 bridgehead atoms. The Hall–Kier alpha value is -18.9. The van der Waals surface area contributed by atoms with E-state index in [4.69, 9.17) is 46.7 Å². The minimum Gasteiger partial charge on any atom is -0.309 e. The fourth-order valence-electron chi connectivity index (χ4n) is 19.6. The van der Waals surface area contributed by atoms with Gasteiger partial charge in [-0.25, -0.2) is 44.9 Å². The van der Waals surface area contributed by atoms with Crippen LogP contribution in [0.25, 0.3) is 250 Å². The number of benzene rings is 21. The molecule has 12 heteroatoms. The summed E-state index contributed by atoms with van der Waals surface area (Å²) in [6.07, 6.45) is 0. The van der Waals surface area contributed by atoms with E-state index in [-0.39, 0.29) is 23.5 Å². The monoisotopic (exact) mass is 1780 g/mol. The summed E-state index contributed by atoms with van der Waals surface area (Å²) in [5, 5.41) is 15.9. The van der Waals surface area contributed by atoms with Gasteiger partial charge < -0.3 is 13.7 Å². The van der Waals surface area contributed by atoms with Crippen molar-refractivity contribution in [3.8, 4) is 142 Å². The molecule has 0 unspecified atom stereocenters. The normalized spacial score (nSPS) is 12.0. The Morgan fingerprint density at radius 3 is 0.727 bits per heavy atom. The van der Waals surface area contributed by atoms with Crippen LogP contribution in [0.15, 0.2) is 497 Å². The summed E-state index contributed by atoms with van der Waals surface area (Å²) in [7, 11) is 0. The topological polar surface area (TPSA) is 131 Å². The highest BCUT2D eigenvalue weighted by Gasteiger charge is 2.25. The quantitative estimate of drug-likeness (QED) is 0.104. The molecule has 27 rings (SSSR count). The van der Waals surface area contributed by atoms with Gasteiger partial charge in [0.1, 0.15) is 0 Å². The summed E-state index contributed by atoms with van der Waals surface area (Å²) in [5.74, 6) is 4.57. The average Bonchev–Trinajstić information content (AvgIpc) is 1.62. The summed E-state index contributed by atoms with van der Waals surface area (Å²) in [6.45, 7) is 0. The molecular weight excluding hydrogens is 1690 g/mol. The van der Waals surface area contributed by atoms with E-state index in [0.29, 0.717) is 52.2 Å². The summed E-state index contributed by atoms with van der Waals surface area (Å²) in [6, 6.07) is 159. The molecule has 0 amide bonds. The third kappa shape index (κ3) is 15.3. The number of fused-ring (bicyclic) bond motifs is 13. The first kappa shape index (κ1) is 76.6. The van der Waals surface area contributed by atoms with Gasteiger partial charge in [-0.3, -0.25) is 0 Å². The molecule has 21 aromatic carbocycles. The summed E-state index contributed by atoms with van der Waals surface area (Å²) in [4.78, 5) is 44.6. The standard InChI is InChI=1S/C47H30N4.C43H28N4.C37H24N4/c1-3-13-31(14-4-1)35-25-27-44-41(30-35)39-21-11-12-22-42(39)51(44)43-28-26-40(37-19-9-10-20-38(37)43)47-49-45(33-16-5-2-6-17-33)48-46(50-47)36-24-23-32-15-7-8-18-34(32)29-36;1-4-14-29(15-5-1)32-24-26-40-37(28-32)35-22-12-13-23-38(35)47(40)39-27-25-36(33-20-10-11-21-34(33)39)43-45-41(30-16-6-2-7-17-30)44-42(46-43)31-18-8-3-9-19-31;1-3-13-25(14-4-1)35-38-36(26-15-5-2-6-16-26)40-37(39-35)31-23-24-34(28-18-8-7-17-27(28)31)41-32-21-11-9-19-29(32)30-20-10-12-22-33(30)41/h1-30H;1-28H;1-24H/i;;1D,3D,4D,13D,14D. The highest BCUT2D eigenvalue weighted by molar-refractivity contribution is 6.16. The van der Waals surface area contributed by atoms with Crippen LogP contribution in [0.4, 0.5) is 0 Å². The fourth-order valence-corrected chi connectivity index (χ4v) is 19.6. The molecular formula is C127H82N12. The smallest absolute Gasteiger partial charge is 0.164 e. The van der Waals surface area contributed by atoms with E-state index in [1.807, 2.05) is 146 Å². The van der Waals surface area contributed by atoms with Crippen LogP contribution in [0.5, 0.6) is 0 Å². The van der Waals surface area contributed by atoms with Crippen molar-refractivity contribution in [2.45, 2.75) is 0 Å². The molecule has 27 aromatic rings. The fraction of sp³-hybridized carbons (Fsp3) is 0. The minimum atomic E-state index is -0.469. The Labute approximate surface area is 807 Å². The average molecular weight is 1780 g/mol. The molecule has 0 N–H and O–H groups in total. The lowest BCUT2D eigenvalue weighted by molar-refractivity contribution is 1.07.